The zero-order chi connectivity index (χ0) is 13.1. The Kier molecular flexibility index (Phi) is 3.57. The van der Waals surface area contributed by atoms with Crippen molar-refractivity contribution >= 4 is 17.3 Å². The molecular weight excluding hydrogens is 256 g/mol. The monoisotopic (exact) mass is 266 g/mol. The Morgan fingerprint density at radius 1 is 1.50 bits per heavy atom. The topological polar surface area (TPSA) is 73.8 Å². The van der Waals surface area contributed by atoms with Gasteiger partial charge in [-0.15, -0.1) is 0 Å². The molecule has 0 fully saturated rings. The number of halogens is 1. The minimum absolute atomic E-state index is 0.0757. The highest BCUT2D eigenvalue weighted by Crippen LogP contribution is 2.24. The summed E-state index contributed by atoms with van der Waals surface area (Å²) in [6, 6.07) is 2.61. The molecule has 0 spiro atoms. The van der Waals surface area contributed by atoms with Gasteiger partial charge >= 0.3 is 0 Å². The van der Waals surface area contributed by atoms with Gasteiger partial charge in [-0.25, -0.2) is 4.98 Å². The summed E-state index contributed by atoms with van der Waals surface area (Å²) in [6.07, 6.45) is 4.38. The van der Waals surface area contributed by atoms with Crippen molar-refractivity contribution in [2.45, 2.75) is 19.9 Å². The van der Waals surface area contributed by atoms with Crippen molar-refractivity contribution in [2.24, 2.45) is 0 Å². The number of pyridine rings is 1. The molecule has 0 bridgehead atoms. The first-order valence-corrected chi connectivity index (χ1v) is 5.82. The summed E-state index contributed by atoms with van der Waals surface area (Å²) in [6.45, 7) is 2.84. The molecule has 0 amide bonds. The van der Waals surface area contributed by atoms with Crippen molar-refractivity contribution in [1.82, 2.24) is 14.8 Å². The number of aromatic nitrogens is 3. The van der Waals surface area contributed by atoms with Crippen LogP contribution >= 0.6 is 11.6 Å². The highest BCUT2D eigenvalue weighted by atomic mass is 35.5. The molecule has 2 heterocycles. The molecule has 0 radical (unpaired) electrons. The normalized spacial score (nSPS) is 10.6. The molecule has 0 aliphatic heterocycles. The van der Waals surface area contributed by atoms with Crippen LogP contribution in [0, 0.1) is 10.1 Å². The van der Waals surface area contributed by atoms with Crippen LogP contribution < -0.4 is 0 Å². The van der Waals surface area contributed by atoms with E-state index in [0.717, 1.165) is 13.0 Å². The van der Waals surface area contributed by atoms with Crippen molar-refractivity contribution in [3.05, 3.63) is 39.8 Å². The summed E-state index contributed by atoms with van der Waals surface area (Å²) < 4.78 is 1.77. The molecule has 0 saturated carbocycles. The van der Waals surface area contributed by atoms with Gasteiger partial charge in [0.25, 0.3) is 5.69 Å². The lowest BCUT2D eigenvalue weighted by Gasteiger charge is -1.98. The average molecular weight is 267 g/mol. The molecule has 0 saturated heterocycles. The molecule has 2 aromatic heterocycles. The number of hydrogen-bond donors (Lipinski definition) is 0. The zero-order valence-corrected chi connectivity index (χ0v) is 10.5. The third-order valence-electron chi connectivity index (χ3n) is 2.37. The van der Waals surface area contributed by atoms with E-state index in [-0.39, 0.29) is 10.8 Å². The van der Waals surface area contributed by atoms with E-state index < -0.39 is 4.92 Å². The molecule has 0 atom stereocenters. The SMILES string of the molecule is CCCn1cc(-c2cc([N+](=O)[O-])cc(Cl)n2)cn1. The maximum atomic E-state index is 10.7. The van der Waals surface area contributed by atoms with Gasteiger partial charge in [0.1, 0.15) is 5.15 Å². The summed E-state index contributed by atoms with van der Waals surface area (Å²) in [4.78, 5) is 14.3. The van der Waals surface area contributed by atoms with Crippen LogP contribution in [0.5, 0.6) is 0 Å². The molecule has 94 valence electrons. The predicted molar refractivity (Wildman–Crippen MR) is 67.4 cm³/mol. The lowest BCUT2D eigenvalue weighted by Crippen LogP contribution is -1.95. The number of rotatable bonds is 4. The van der Waals surface area contributed by atoms with E-state index in [9.17, 15) is 10.1 Å². The number of aryl methyl sites for hydroxylation is 1. The van der Waals surface area contributed by atoms with E-state index in [2.05, 4.69) is 10.1 Å². The molecule has 0 unspecified atom stereocenters. The number of nitrogens with zero attached hydrogens (tertiary/aromatic N) is 4. The summed E-state index contributed by atoms with van der Waals surface area (Å²) in [5.74, 6) is 0. The molecule has 2 rings (SSSR count). The highest BCUT2D eigenvalue weighted by molar-refractivity contribution is 6.29. The minimum Gasteiger partial charge on any atom is -0.272 e. The average Bonchev–Trinajstić information content (AvgIpc) is 2.77. The Bertz CT molecular complexity index is 582. The quantitative estimate of drug-likeness (QED) is 0.484. The summed E-state index contributed by atoms with van der Waals surface area (Å²) in [7, 11) is 0. The van der Waals surface area contributed by atoms with E-state index in [4.69, 9.17) is 11.6 Å². The van der Waals surface area contributed by atoms with Gasteiger partial charge < -0.3 is 0 Å². The van der Waals surface area contributed by atoms with Gasteiger partial charge in [-0.3, -0.25) is 14.8 Å². The molecular formula is C11H11ClN4O2. The molecule has 0 aromatic carbocycles. The van der Waals surface area contributed by atoms with E-state index in [1.54, 1.807) is 17.1 Å². The fourth-order valence-electron chi connectivity index (χ4n) is 1.58. The number of hydrogen-bond acceptors (Lipinski definition) is 4. The Balaban J connectivity index is 2.39. The largest absolute Gasteiger partial charge is 0.274 e. The fraction of sp³-hybridized carbons (Fsp3) is 0.273. The van der Waals surface area contributed by atoms with E-state index in [0.29, 0.717) is 11.3 Å². The van der Waals surface area contributed by atoms with Crippen LogP contribution in [0.4, 0.5) is 5.69 Å². The Labute approximate surface area is 108 Å². The molecule has 0 aliphatic carbocycles. The van der Waals surface area contributed by atoms with Crippen molar-refractivity contribution in [2.75, 3.05) is 0 Å². The van der Waals surface area contributed by atoms with Crippen LogP contribution in [-0.2, 0) is 6.54 Å². The van der Waals surface area contributed by atoms with Crippen LogP contribution in [0.1, 0.15) is 13.3 Å². The Morgan fingerprint density at radius 2 is 2.28 bits per heavy atom. The van der Waals surface area contributed by atoms with Gasteiger partial charge in [-0.1, -0.05) is 18.5 Å². The predicted octanol–water partition coefficient (Wildman–Crippen LogP) is 2.92. The third-order valence-corrected chi connectivity index (χ3v) is 2.57. The molecule has 0 aliphatic rings. The van der Waals surface area contributed by atoms with E-state index in [1.807, 2.05) is 6.92 Å². The van der Waals surface area contributed by atoms with Crippen molar-refractivity contribution < 1.29 is 4.92 Å². The van der Waals surface area contributed by atoms with Crippen LogP contribution in [-0.4, -0.2) is 19.7 Å². The van der Waals surface area contributed by atoms with Crippen LogP contribution in [0.25, 0.3) is 11.3 Å². The van der Waals surface area contributed by atoms with Gasteiger partial charge in [-0.2, -0.15) is 5.10 Å². The lowest BCUT2D eigenvalue weighted by molar-refractivity contribution is -0.384. The van der Waals surface area contributed by atoms with E-state index >= 15 is 0 Å². The Hall–Kier alpha value is -1.95. The summed E-state index contributed by atoms with van der Waals surface area (Å²) in [5, 5.41) is 15.0. The smallest absolute Gasteiger partial charge is 0.272 e. The molecule has 18 heavy (non-hydrogen) atoms. The van der Waals surface area contributed by atoms with Gasteiger partial charge in [0.2, 0.25) is 0 Å². The minimum atomic E-state index is -0.493. The maximum absolute atomic E-state index is 10.7. The second-order valence-corrected chi connectivity index (χ2v) is 4.17. The molecule has 7 heteroatoms. The molecule has 6 nitrogen and oxygen atoms in total. The molecule has 2 aromatic rings. The van der Waals surface area contributed by atoms with Gasteiger partial charge in [0, 0.05) is 24.4 Å². The maximum Gasteiger partial charge on any atom is 0.274 e. The summed E-state index contributed by atoms with van der Waals surface area (Å²) >= 11 is 5.77. The zero-order valence-electron chi connectivity index (χ0n) is 9.71. The first-order chi connectivity index (χ1) is 8.60. The van der Waals surface area contributed by atoms with Crippen molar-refractivity contribution in [3.63, 3.8) is 0 Å². The second kappa shape index (κ2) is 5.14. The standard InChI is InChI=1S/C11H11ClN4O2/c1-2-3-15-7-8(6-13-15)10-4-9(16(17)18)5-11(12)14-10/h4-7H,2-3H2,1H3. The lowest BCUT2D eigenvalue weighted by atomic mass is 10.2. The van der Waals surface area contributed by atoms with Gasteiger partial charge in [-0.05, 0) is 6.42 Å². The van der Waals surface area contributed by atoms with Crippen LogP contribution in [0.3, 0.4) is 0 Å². The number of nitro groups is 1. The third kappa shape index (κ3) is 2.65. The second-order valence-electron chi connectivity index (χ2n) is 3.78. The molecule has 0 N–H and O–H groups in total. The summed E-state index contributed by atoms with van der Waals surface area (Å²) in [5.41, 5.74) is 1.10. The fourth-order valence-corrected chi connectivity index (χ4v) is 1.79. The van der Waals surface area contributed by atoms with Gasteiger partial charge in [0.15, 0.2) is 0 Å². The van der Waals surface area contributed by atoms with Crippen LogP contribution in [0.15, 0.2) is 24.5 Å². The van der Waals surface area contributed by atoms with Crippen molar-refractivity contribution in [1.29, 1.82) is 0 Å². The highest BCUT2D eigenvalue weighted by Gasteiger charge is 2.12. The Morgan fingerprint density at radius 3 is 2.94 bits per heavy atom. The van der Waals surface area contributed by atoms with Crippen LogP contribution in [0.2, 0.25) is 5.15 Å². The van der Waals surface area contributed by atoms with E-state index in [1.165, 1.54) is 12.1 Å². The van der Waals surface area contributed by atoms with Crippen molar-refractivity contribution in [3.8, 4) is 11.3 Å². The first kappa shape index (κ1) is 12.5. The first-order valence-electron chi connectivity index (χ1n) is 5.45. The van der Waals surface area contributed by atoms with Gasteiger partial charge in [0.05, 0.1) is 22.9 Å².